The van der Waals surface area contributed by atoms with Crippen LogP contribution in [0.2, 0.25) is 0 Å². The summed E-state index contributed by atoms with van der Waals surface area (Å²) in [5.74, 6) is 7.55. The van der Waals surface area contributed by atoms with Crippen LogP contribution in [0.5, 0.6) is 0 Å². The summed E-state index contributed by atoms with van der Waals surface area (Å²) in [5, 5.41) is 0. The molecule has 4 saturated carbocycles. The smallest absolute Gasteiger partial charge is 0.0233 e. The molecule has 0 aliphatic heterocycles. The Morgan fingerprint density at radius 3 is 1.23 bits per heavy atom. The summed E-state index contributed by atoms with van der Waals surface area (Å²) >= 11 is 0. The highest BCUT2D eigenvalue weighted by Gasteiger charge is 2.34. The molecule has 0 aromatic carbocycles. The Morgan fingerprint density at radius 2 is 0.846 bits per heavy atom. The molecule has 0 heterocycles. The molecule has 4 fully saturated rings. The summed E-state index contributed by atoms with van der Waals surface area (Å²) in [4.78, 5) is 0. The van der Waals surface area contributed by atoms with Crippen LogP contribution in [-0.4, -0.2) is 0 Å². The number of hydrogen-bond donors (Lipinski definition) is 0. The molecule has 0 aromatic heterocycles. The topological polar surface area (TPSA) is 0 Å². The average Bonchev–Trinajstić information content (AvgIpc) is 3.52. The van der Waals surface area contributed by atoms with Crippen LogP contribution in [0.3, 0.4) is 0 Å². The van der Waals surface area contributed by atoms with Crippen molar-refractivity contribution in [3.05, 3.63) is 12.2 Å². The van der Waals surface area contributed by atoms with Crippen LogP contribution in [0.1, 0.15) is 110 Å². The second-order valence-corrected chi connectivity index (χ2v) is 10.7. The van der Waals surface area contributed by atoms with E-state index in [2.05, 4.69) is 19.1 Å². The summed E-state index contributed by atoms with van der Waals surface area (Å²) < 4.78 is 0. The van der Waals surface area contributed by atoms with Gasteiger partial charge in [0.15, 0.2) is 0 Å². The molecule has 0 nitrogen and oxygen atoms in total. The fourth-order valence-electron chi connectivity index (χ4n) is 7.00. The minimum Gasteiger partial charge on any atom is -0.0914 e. The van der Waals surface area contributed by atoms with Gasteiger partial charge in [0.1, 0.15) is 0 Å². The van der Waals surface area contributed by atoms with Crippen LogP contribution >= 0.6 is 0 Å². The molecule has 0 bridgehead atoms. The maximum atomic E-state index is 2.47. The molecule has 4 aliphatic rings. The zero-order chi connectivity index (χ0) is 17.8. The van der Waals surface area contributed by atoms with Gasteiger partial charge < -0.3 is 0 Å². The maximum Gasteiger partial charge on any atom is -0.0233 e. The standard InChI is InChI=1S/C26H44/c1-2-3-20-8-12-23(13-9-20)25-16-18-26(19-17-25)24-14-10-22(11-15-24)7-6-21-4-5-21/h2-3,20-26H,4-19H2,1H3/b3-2+. The summed E-state index contributed by atoms with van der Waals surface area (Å²) in [6.45, 7) is 2.19. The van der Waals surface area contributed by atoms with Gasteiger partial charge in [-0.05, 0) is 113 Å². The highest BCUT2D eigenvalue weighted by Crippen LogP contribution is 2.47. The Morgan fingerprint density at radius 1 is 0.500 bits per heavy atom. The molecular formula is C26H44. The molecule has 0 radical (unpaired) electrons. The average molecular weight is 357 g/mol. The summed E-state index contributed by atoms with van der Waals surface area (Å²) in [6, 6.07) is 0. The monoisotopic (exact) mass is 356 g/mol. The zero-order valence-electron chi connectivity index (χ0n) is 17.5. The normalized spacial score (nSPS) is 42.2. The first-order chi connectivity index (χ1) is 12.8. The number of hydrogen-bond acceptors (Lipinski definition) is 0. The van der Waals surface area contributed by atoms with E-state index in [1.807, 2.05) is 0 Å². The van der Waals surface area contributed by atoms with Gasteiger partial charge in [0.25, 0.3) is 0 Å². The molecular weight excluding hydrogens is 312 g/mol. The van der Waals surface area contributed by atoms with E-state index in [1.54, 1.807) is 77.0 Å². The molecule has 0 unspecified atom stereocenters. The predicted octanol–water partition coefficient (Wildman–Crippen LogP) is 8.17. The highest BCUT2D eigenvalue weighted by atomic mass is 14.4. The van der Waals surface area contributed by atoms with Crippen LogP contribution in [0.4, 0.5) is 0 Å². The Labute approximate surface area is 163 Å². The van der Waals surface area contributed by atoms with Gasteiger partial charge >= 0.3 is 0 Å². The Balaban J connectivity index is 1.14. The van der Waals surface area contributed by atoms with Gasteiger partial charge in [-0.3, -0.25) is 0 Å². The first kappa shape index (κ1) is 19.1. The van der Waals surface area contributed by atoms with E-state index in [4.69, 9.17) is 0 Å². The van der Waals surface area contributed by atoms with Crippen LogP contribution in [0, 0.1) is 41.4 Å². The lowest BCUT2D eigenvalue weighted by Crippen LogP contribution is -2.29. The van der Waals surface area contributed by atoms with Crippen molar-refractivity contribution >= 4 is 0 Å². The van der Waals surface area contributed by atoms with E-state index < -0.39 is 0 Å². The van der Waals surface area contributed by atoms with Crippen molar-refractivity contribution in [3.8, 4) is 0 Å². The van der Waals surface area contributed by atoms with Crippen molar-refractivity contribution in [2.24, 2.45) is 41.4 Å². The summed E-state index contributed by atoms with van der Waals surface area (Å²) in [6.07, 6.45) is 29.6. The minimum atomic E-state index is 0.905. The predicted molar refractivity (Wildman–Crippen MR) is 113 cm³/mol. The molecule has 26 heavy (non-hydrogen) atoms. The molecule has 0 N–H and O–H groups in total. The van der Waals surface area contributed by atoms with Crippen molar-refractivity contribution in [2.45, 2.75) is 110 Å². The Bertz CT molecular complexity index is 421. The molecule has 0 heteroatoms. The van der Waals surface area contributed by atoms with Crippen molar-refractivity contribution < 1.29 is 0 Å². The van der Waals surface area contributed by atoms with Gasteiger partial charge in [-0.1, -0.05) is 50.7 Å². The van der Waals surface area contributed by atoms with E-state index in [0.717, 1.165) is 41.4 Å². The SMILES string of the molecule is C/C=C/C1CCC(C2CCC(C3CCC(CCC4CC4)CC3)CC2)CC1. The van der Waals surface area contributed by atoms with Gasteiger partial charge in [-0.2, -0.15) is 0 Å². The van der Waals surface area contributed by atoms with Gasteiger partial charge in [-0.25, -0.2) is 0 Å². The van der Waals surface area contributed by atoms with Gasteiger partial charge in [0.05, 0.1) is 0 Å². The largest absolute Gasteiger partial charge is 0.0914 e. The number of allylic oxidation sites excluding steroid dienone is 2. The van der Waals surface area contributed by atoms with Crippen molar-refractivity contribution in [1.82, 2.24) is 0 Å². The van der Waals surface area contributed by atoms with Crippen LogP contribution < -0.4 is 0 Å². The second-order valence-electron chi connectivity index (χ2n) is 10.7. The molecule has 0 atom stereocenters. The lowest BCUT2D eigenvalue weighted by molar-refractivity contribution is 0.107. The lowest BCUT2D eigenvalue weighted by Gasteiger charge is -2.41. The van der Waals surface area contributed by atoms with Crippen molar-refractivity contribution in [2.75, 3.05) is 0 Å². The third kappa shape index (κ3) is 5.17. The van der Waals surface area contributed by atoms with Gasteiger partial charge in [0.2, 0.25) is 0 Å². The van der Waals surface area contributed by atoms with E-state index in [0.29, 0.717) is 0 Å². The van der Waals surface area contributed by atoms with Gasteiger partial charge in [0, 0.05) is 0 Å². The van der Waals surface area contributed by atoms with E-state index in [-0.39, 0.29) is 0 Å². The first-order valence-electron chi connectivity index (χ1n) is 12.4. The molecule has 4 aliphatic carbocycles. The molecule has 4 rings (SSSR count). The fourth-order valence-corrected chi connectivity index (χ4v) is 7.00. The molecule has 0 saturated heterocycles. The summed E-state index contributed by atoms with van der Waals surface area (Å²) in [5.41, 5.74) is 0. The van der Waals surface area contributed by atoms with Crippen LogP contribution in [0.25, 0.3) is 0 Å². The third-order valence-electron chi connectivity index (χ3n) is 9.00. The van der Waals surface area contributed by atoms with Crippen LogP contribution in [0.15, 0.2) is 12.2 Å². The first-order valence-corrected chi connectivity index (χ1v) is 12.4. The Hall–Kier alpha value is -0.260. The van der Waals surface area contributed by atoms with E-state index >= 15 is 0 Å². The number of rotatable bonds is 6. The van der Waals surface area contributed by atoms with Crippen molar-refractivity contribution in [1.29, 1.82) is 0 Å². The third-order valence-corrected chi connectivity index (χ3v) is 9.00. The molecule has 148 valence electrons. The highest BCUT2D eigenvalue weighted by molar-refractivity contribution is 4.91. The van der Waals surface area contributed by atoms with E-state index in [9.17, 15) is 0 Å². The molecule has 0 aromatic rings. The second kappa shape index (κ2) is 9.29. The van der Waals surface area contributed by atoms with Gasteiger partial charge in [-0.15, -0.1) is 0 Å². The quantitative estimate of drug-likeness (QED) is 0.421. The zero-order valence-corrected chi connectivity index (χ0v) is 17.5. The Kier molecular flexibility index (Phi) is 6.82. The van der Waals surface area contributed by atoms with Crippen LogP contribution in [-0.2, 0) is 0 Å². The minimum absolute atomic E-state index is 0.905. The van der Waals surface area contributed by atoms with Crippen molar-refractivity contribution in [3.63, 3.8) is 0 Å². The molecule has 0 amide bonds. The lowest BCUT2D eigenvalue weighted by atomic mass is 9.65. The van der Waals surface area contributed by atoms with E-state index in [1.165, 1.54) is 25.7 Å². The fraction of sp³-hybridized carbons (Fsp3) is 0.923. The summed E-state index contributed by atoms with van der Waals surface area (Å²) in [7, 11) is 0. The molecule has 0 spiro atoms. The maximum absolute atomic E-state index is 2.47.